The van der Waals surface area contributed by atoms with Gasteiger partial charge in [0.25, 0.3) is 0 Å². The van der Waals surface area contributed by atoms with Gasteiger partial charge < -0.3 is 30.7 Å². The number of nitrogens with zero attached hydrogens (tertiary/aromatic N) is 3. The van der Waals surface area contributed by atoms with E-state index in [0.717, 1.165) is 46.0 Å². The van der Waals surface area contributed by atoms with Crippen molar-refractivity contribution in [2.75, 3.05) is 40.3 Å². The molecule has 0 aromatic heterocycles. The maximum absolute atomic E-state index is 12.6. The number of carbonyl (C=O) groups is 2. The van der Waals surface area contributed by atoms with Gasteiger partial charge in [-0.15, -0.1) is 0 Å². The van der Waals surface area contributed by atoms with E-state index in [0.29, 0.717) is 18.1 Å². The minimum absolute atomic E-state index is 0.0721. The Bertz CT molecular complexity index is 1250. The van der Waals surface area contributed by atoms with E-state index in [9.17, 15) is 14.7 Å². The lowest BCUT2D eigenvalue weighted by Gasteiger charge is -2.46. The molecule has 2 aromatic rings. The zero-order chi connectivity index (χ0) is 26.9. The summed E-state index contributed by atoms with van der Waals surface area (Å²) < 4.78 is 7.01. The maximum Gasteiger partial charge on any atom is 0.235 e. The normalized spacial score (nSPS) is 22.8. The SMILES string of the molecule is C[C@H]1C(COc2cccc3c(C[N+](C)(C)CCN=C(N)CN)cccc23)=C(C=O)N2C(=O)[C@H]([C@@H](C)O)C12. The number of β-lactam (4-membered cyclic amide) rings is 1. The first-order valence-corrected chi connectivity index (χ1v) is 12.7. The second-order valence-corrected chi connectivity index (χ2v) is 10.7. The van der Waals surface area contributed by atoms with Gasteiger partial charge in [0.05, 0.1) is 57.5 Å². The van der Waals surface area contributed by atoms with Crippen LogP contribution < -0.4 is 16.2 Å². The Morgan fingerprint density at radius 2 is 1.95 bits per heavy atom. The van der Waals surface area contributed by atoms with Crippen molar-refractivity contribution in [3.8, 4) is 5.75 Å². The van der Waals surface area contributed by atoms with E-state index in [1.165, 1.54) is 10.5 Å². The Morgan fingerprint density at radius 1 is 1.24 bits per heavy atom. The third-order valence-electron chi connectivity index (χ3n) is 7.65. The summed E-state index contributed by atoms with van der Waals surface area (Å²) in [6, 6.07) is 12.0. The summed E-state index contributed by atoms with van der Waals surface area (Å²) in [6.45, 7) is 6.30. The van der Waals surface area contributed by atoms with E-state index in [2.05, 4.69) is 31.2 Å². The average molecular weight is 509 g/mol. The average Bonchev–Trinajstić information content (AvgIpc) is 3.09. The molecular weight excluding hydrogens is 470 g/mol. The third-order valence-corrected chi connectivity index (χ3v) is 7.65. The first-order valence-electron chi connectivity index (χ1n) is 12.7. The zero-order valence-electron chi connectivity index (χ0n) is 22.1. The number of likely N-dealkylation sites (N-methyl/N-ethyl adjacent to an activating group) is 1. The number of aldehydes is 1. The first-order chi connectivity index (χ1) is 17.6. The molecule has 2 aliphatic rings. The van der Waals surface area contributed by atoms with Gasteiger partial charge in [-0.05, 0) is 23.9 Å². The highest BCUT2D eigenvalue weighted by molar-refractivity contribution is 5.96. The number of aliphatic hydroxyl groups excluding tert-OH is 1. The second kappa shape index (κ2) is 10.6. The molecule has 4 rings (SSSR count). The van der Waals surface area contributed by atoms with E-state index in [1.54, 1.807) is 6.92 Å². The minimum atomic E-state index is -0.756. The fourth-order valence-electron chi connectivity index (χ4n) is 5.60. The van der Waals surface area contributed by atoms with Crippen molar-refractivity contribution in [3.05, 3.63) is 53.2 Å². The summed E-state index contributed by atoms with van der Waals surface area (Å²) >= 11 is 0. The number of aliphatic hydroxyl groups is 1. The van der Waals surface area contributed by atoms with Gasteiger partial charge in [-0.3, -0.25) is 14.6 Å². The molecule has 0 aliphatic carbocycles. The number of nitrogens with two attached hydrogens (primary N) is 2. The van der Waals surface area contributed by atoms with Crippen LogP contribution in [0.5, 0.6) is 5.75 Å². The number of amides is 1. The van der Waals surface area contributed by atoms with E-state index in [1.807, 2.05) is 31.2 Å². The number of hydrogen-bond acceptors (Lipinski definition) is 6. The molecule has 1 saturated heterocycles. The Hall–Kier alpha value is -3.27. The highest BCUT2D eigenvalue weighted by atomic mass is 16.5. The van der Waals surface area contributed by atoms with Gasteiger partial charge in [0, 0.05) is 16.9 Å². The molecule has 1 amide bonds. The largest absolute Gasteiger partial charge is 0.489 e. The van der Waals surface area contributed by atoms with Crippen molar-refractivity contribution in [1.82, 2.24) is 4.90 Å². The fourth-order valence-corrected chi connectivity index (χ4v) is 5.60. The molecule has 2 aliphatic heterocycles. The van der Waals surface area contributed by atoms with Crippen LogP contribution in [0.25, 0.3) is 10.8 Å². The smallest absolute Gasteiger partial charge is 0.235 e. The van der Waals surface area contributed by atoms with Crippen LogP contribution in [0.4, 0.5) is 0 Å². The molecule has 1 fully saturated rings. The van der Waals surface area contributed by atoms with Gasteiger partial charge in [0.1, 0.15) is 24.7 Å². The van der Waals surface area contributed by atoms with Gasteiger partial charge in [0.15, 0.2) is 6.29 Å². The maximum atomic E-state index is 12.6. The summed E-state index contributed by atoms with van der Waals surface area (Å²) in [5, 5.41) is 12.2. The minimum Gasteiger partial charge on any atom is -0.489 e. The lowest BCUT2D eigenvalue weighted by atomic mass is 9.78. The molecule has 1 unspecified atom stereocenters. The van der Waals surface area contributed by atoms with Crippen LogP contribution in [-0.2, 0) is 16.1 Å². The molecule has 5 N–H and O–H groups in total. The molecule has 9 nitrogen and oxygen atoms in total. The van der Waals surface area contributed by atoms with Crippen LogP contribution in [0.2, 0.25) is 0 Å². The number of amidine groups is 1. The zero-order valence-corrected chi connectivity index (χ0v) is 22.1. The van der Waals surface area contributed by atoms with Crippen LogP contribution in [-0.4, -0.2) is 85.0 Å². The number of allylic oxidation sites excluding steroid dienone is 1. The van der Waals surface area contributed by atoms with Gasteiger partial charge in [-0.1, -0.05) is 37.3 Å². The second-order valence-electron chi connectivity index (χ2n) is 10.7. The summed E-state index contributed by atoms with van der Waals surface area (Å²) in [5.74, 6) is 0.434. The molecule has 198 valence electrons. The quantitative estimate of drug-likeness (QED) is 0.138. The van der Waals surface area contributed by atoms with E-state index < -0.39 is 12.0 Å². The lowest BCUT2D eigenvalue weighted by Crippen LogP contribution is -2.63. The Kier molecular flexibility index (Phi) is 7.68. The van der Waals surface area contributed by atoms with Gasteiger partial charge in [-0.25, -0.2) is 0 Å². The number of hydrogen-bond donors (Lipinski definition) is 3. The summed E-state index contributed by atoms with van der Waals surface area (Å²) in [6.07, 6.45) is -0.0223. The number of fused-ring (bicyclic) bond motifs is 2. The predicted molar refractivity (Wildman–Crippen MR) is 144 cm³/mol. The number of ether oxygens (including phenoxy) is 1. The Morgan fingerprint density at radius 3 is 2.62 bits per heavy atom. The molecule has 0 spiro atoms. The highest BCUT2D eigenvalue weighted by Gasteiger charge is 2.58. The predicted octanol–water partition coefficient (Wildman–Crippen LogP) is 1.42. The number of carbonyl (C=O) groups excluding carboxylic acids is 2. The van der Waals surface area contributed by atoms with Gasteiger partial charge >= 0.3 is 0 Å². The number of rotatable bonds is 11. The molecule has 2 heterocycles. The van der Waals surface area contributed by atoms with Crippen molar-refractivity contribution in [2.24, 2.45) is 28.3 Å². The third kappa shape index (κ3) is 5.12. The molecule has 2 aromatic carbocycles. The van der Waals surface area contributed by atoms with Crippen LogP contribution in [0, 0.1) is 11.8 Å². The van der Waals surface area contributed by atoms with Crippen molar-refractivity contribution in [1.29, 1.82) is 0 Å². The number of benzene rings is 2. The van der Waals surface area contributed by atoms with E-state index in [4.69, 9.17) is 16.2 Å². The molecule has 0 radical (unpaired) electrons. The Balaban J connectivity index is 1.53. The molecule has 37 heavy (non-hydrogen) atoms. The topological polar surface area (TPSA) is 131 Å². The summed E-state index contributed by atoms with van der Waals surface area (Å²) in [4.78, 5) is 30.3. The van der Waals surface area contributed by atoms with E-state index in [-0.39, 0.29) is 31.0 Å². The Labute approximate surface area is 218 Å². The lowest BCUT2D eigenvalue weighted by molar-refractivity contribution is -0.902. The van der Waals surface area contributed by atoms with Crippen LogP contribution >= 0.6 is 0 Å². The van der Waals surface area contributed by atoms with Crippen LogP contribution in [0.1, 0.15) is 19.4 Å². The van der Waals surface area contributed by atoms with Crippen molar-refractivity contribution >= 4 is 28.8 Å². The first kappa shape index (κ1) is 26.8. The summed E-state index contributed by atoms with van der Waals surface area (Å²) in [5.41, 5.74) is 13.6. The molecule has 9 heteroatoms. The summed E-state index contributed by atoms with van der Waals surface area (Å²) in [7, 11) is 4.32. The molecular formula is C28H38N5O4+. The molecule has 0 bridgehead atoms. The van der Waals surface area contributed by atoms with Crippen molar-refractivity contribution in [2.45, 2.75) is 32.5 Å². The van der Waals surface area contributed by atoms with Crippen LogP contribution in [0.15, 0.2) is 52.7 Å². The molecule has 0 saturated carbocycles. The number of quaternary nitrogens is 1. The van der Waals surface area contributed by atoms with Gasteiger partial charge in [-0.2, -0.15) is 0 Å². The highest BCUT2D eigenvalue weighted by Crippen LogP contribution is 2.46. The standard InChI is InChI=1S/C28H38N5O4/c1-17-22(23(15-34)32-27(17)26(18(2)35)28(32)36)16-37-24-10-6-8-20-19(7-5-9-21(20)24)14-33(3,4)12-11-31-25(30)13-29/h5-10,15,17-18,26-27,35H,11-14,16,29H2,1-4H3,(H2,30,31)/q+1/t17-,18+,26+,27?/m0/s1. The molecule has 4 atom stereocenters. The van der Waals surface area contributed by atoms with Crippen LogP contribution in [0.3, 0.4) is 0 Å². The van der Waals surface area contributed by atoms with Crippen molar-refractivity contribution in [3.63, 3.8) is 0 Å². The van der Waals surface area contributed by atoms with Crippen molar-refractivity contribution < 1.29 is 23.9 Å². The van der Waals surface area contributed by atoms with Gasteiger partial charge in [0.2, 0.25) is 5.91 Å². The fraction of sp³-hybridized carbons (Fsp3) is 0.464. The monoisotopic (exact) mass is 508 g/mol. The van der Waals surface area contributed by atoms with E-state index >= 15 is 0 Å². The number of aliphatic imine (C=N–C) groups is 1.